The number of rotatable bonds is 1. The summed E-state index contributed by atoms with van der Waals surface area (Å²) >= 11 is 0. The molecule has 0 fully saturated rings. The number of aromatic nitrogens is 2. The van der Waals surface area contributed by atoms with Gasteiger partial charge < -0.3 is 4.74 Å². The van der Waals surface area contributed by atoms with Gasteiger partial charge in [0, 0.05) is 12.4 Å². The topological polar surface area (TPSA) is 56.2 Å². The number of benzene rings is 1. The molecule has 1 aromatic heterocycles. The van der Waals surface area contributed by atoms with Crippen LogP contribution in [0.2, 0.25) is 0 Å². The highest BCUT2D eigenvalue weighted by atomic mass is 16.6. The van der Waals surface area contributed by atoms with Gasteiger partial charge in [-0.25, -0.2) is 4.79 Å². The van der Waals surface area contributed by atoms with Gasteiger partial charge >= 0.3 is 6.09 Å². The second kappa shape index (κ2) is 4.33. The van der Waals surface area contributed by atoms with E-state index in [9.17, 15) is 4.79 Å². The van der Waals surface area contributed by atoms with Crippen molar-refractivity contribution in [2.45, 2.75) is 26.4 Å². The highest BCUT2D eigenvalue weighted by molar-refractivity contribution is 5.97. The van der Waals surface area contributed by atoms with Gasteiger partial charge in [0.1, 0.15) is 11.4 Å². The van der Waals surface area contributed by atoms with Crippen molar-refractivity contribution in [2.24, 2.45) is 7.05 Å². The summed E-state index contributed by atoms with van der Waals surface area (Å²) in [7, 11) is 1.78. The molecule has 5 nitrogen and oxygen atoms in total. The summed E-state index contributed by atoms with van der Waals surface area (Å²) < 4.78 is 6.86. The maximum Gasteiger partial charge on any atom is 0.413 e. The molecule has 0 aliphatic carbocycles. The summed E-state index contributed by atoms with van der Waals surface area (Å²) in [5.41, 5.74) is 0.324. The predicted octanol–water partition coefficient (Wildman–Crippen LogP) is 2.92. The summed E-state index contributed by atoms with van der Waals surface area (Å²) in [5.74, 6) is 0.639. The Bertz CT molecular complexity index is 581. The van der Waals surface area contributed by atoms with E-state index >= 15 is 0 Å². The summed E-state index contributed by atoms with van der Waals surface area (Å²) in [6.07, 6.45) is -0.476. The van der Waals surface area contributed by atoms with Crippen molar-refractivity contribution in [3.05, 3.63) is 24.3 Å². The van der Waals surface area contributed by atoms with Crippen LogP contribution < -0.4 is 5.32 Å². The Morgan fingerprint density at radius 1 is 1.33 bits per heavy atom. The van der Waals surface area contributed by atoms with Crippen LogP contribution in [0.15, 0.2) is 24.3 Å². The monoisotopic (exact) mass is 247 g/mol. The Labute approximate surface area is 106 Å². The number of carbonyl (C=O) groups excluding carboxylic acids is 1. The van der Waals surface area contributed by atoms with E-state index in [1.165, 1.54) is 0 Å². The first-order valence-corrected chi connectivity index (χ1v) is 5.78. The molecule has 96 valence electrons. The van der Waals surface area contributed by atoms with Crippen LogP contribution in [-0.2, 0) is 11.8 Å². The third-order valence-corrected chi connectivity index (χ3v) is 2.36. The third kappa shape index (κ3) is 2.61. The Kier molecular flexibility index (Phi) is 2.98. The molecule has 18 heavy (non-hydrogen) atoms. The van der Waals surface area contributed by atoms with Crippen molar-refractivity contribution in [3.8, 4) is 0 Å². The van der Waals surface area contributed by atoms with Crippen LogP contribution >= 0.6 is 0 Å². The van der Waals surface area contributed by atoms with Crippen molar-refractivity contribution in [1.29, 1.82) is 0 Å². The highest BCUT2D eigenvalue weighted by Gasteiger charge is 2.18. The van der Waals surface area contributed by atoms with E-state index in [2.05, 4.69) is 10.4 Å². The fourth-order valence-corrected chi connectivity index (χ4v) is 1.70. The molecule has 0 radical (unpaired) electrons. The van der Waals surface area contributed by atoms with Crippen LogP contribution in [0.5, 0.6) is 0 Å². The molecule has 0 saturated carbocycles. The third-order valence-electron chi connectivity index (χ3n) is 2.36. The molecule has 0 spiro atoms. The van der Waals surface area contributed by atoms with Gasteiger partial charge in [-0.1, -0.05) is 12.1 Å². The highest BCUT2D eigenvalue weighted by Crippen LogP contribution is 2.22. The number of hydrogen-bond donors (Lipinski definition) is 1. The SMILES string of the molecule is Cn1nc2ccccc2c1NC(=O)OC(C)(C)C. The molecule has 0 aliphatic rings. The quantitative estimate of drug-likeness (QED) is 0.843. The Morgan fingerprint density at radius 3 is 2.67 bits per heavy atom. The number of anilines is 1. The summed E-state index contributed by atoms with van der Waals surface area (Å²) in [4.78, 5) is 11.7. The summed E-state index contributed by atoms with van der Waals surface area (Å²) in [5, 5.41) is 7.93. The van der Waals surface area contributed by atoms with Crippen LogP contribution in [-0.4, -0.2) is 21.5 Å². The van der Waals surface area contributed by atoms with Crippen molar-refractivity contribution >= 4 is 22.8 Å². The van der Waals surface area contributed by atoms with Crippen LogP contribution in [0.4, 0.5) is 10.6 Å². The number of fused-ring (bicyclic) bond motifs is 1. The molecule has 0 atom stereocenters. The van der Waals surface area contributed by atoms with Gasteiger partial charge in [0.15, 0.2) is 0 Å². The minimum Gasteiger partial charge on any atom is -0.444 e. The first kappa shape index (κ1) is 12.4. The lowest BCUT2D eigenvalue weighted by atomic mass is 10.2. The molecule has 1 amide bonds. The molecular weight excluding hydrogens is 230 g/mol. The van der Waals surface area contributed by atoms with Crippen LogP contribution in [0.1, 0.15) is 20.8 Å². The van der Waals surface area contributed by atoms with Gasteiger partial charge in [-0.2, -0.15) is 5.10 Å². The average Bonchev–Trinajstić information content (AvgIpc) is 2.53. The predicted molar refractivity (Wildman–Crippen MR) is 70.6 cm³/mol. The maximum atomic E-state index is 11.7. The van der Waals surface area contributed by atoms with Crippen molar-refractivity contribution in [1.82, 2.24) is 9.78 Å². The normalized spacial score (nSPS) is 11.6. The van der Waals surface area contributed by atoms with E-state index in [0.717, 1.165) is 10.9 Å². The lowest BCUT2D eigenvalue weighted by molar-refractivity contribution is 0.0635. The maximum absolute atomic E-state index is 11.7. The van der Waals surface area contributed by atoms with E-state index in [0.29, 0.717) is 5.82 Å². The first-order chi connectivity index (χ1) is 8.37. The number of aryl methyl sites for hydroxylation is 1. The average molecular weight is 247 g/mol. The molecule has 1 aromatic carbocycles. The van der Waals surface area contributed by atoms with E-state index in [4.69, 9.17) is 4.74 Å². The number of amides is 1. The Balaban J connectivity index is 2.27. The molecule has 0 unspecified atom stereocenters. The lowest BCUT2D eigenvalue weighted by Crippen LogP contribution is -2.27. The molecule has 2 aromatic rings. The number of ether oxygens (including phenoxy) is 1. The van der Waals surface area contributed by atoms with Gasteiger partial charge in [-0.15, -0.1) is 0 Å². The number of carbonyl (C=O) groups is 1. The number of nitrogens with one attached hydrogen (secondary N) is 1. The lowest BCUT2D eigenvalue weighted by Gasteiger charge is -2.19. The Morgan fingerprint density at radius 2 is 2.00 bits per heavy atom. The first-order valence-electron chi connectivity index (χ1n) is 5.78. The molecule has 0 bridgehead atoms. The molecule has 0 saturated heterocycles. The fraction of sp³-hybridized carbons (Fsp3) is 0.385. The van der Waals surface area contributed by atoms with E-state index in [1.807, 2.05) is 45.0 Å². The fourth-order valence-electron chi connectivity index (χ4n) is 1.70. The molecule has 0 aliphatic heterocycles. The van der Waals surface area contributed by atoms with Crippen LogP contribution in [0.25, 0.3) is 10.9 Å². The number of nitrogens with zero attached hydrogens (tertiary/aromatic N) is 2. The Hall–Kier alpha value is -2.04. The minimum absolute atomic E-state index is 0.476. The zero-order valence-corrected chi connectivity index (χ0v) is 11.0. The van der Waals surface area contributed by atoms with E-state index < -0.39 is 11.7 Å². The molecular formula is C13H17N3O2. The zero-order chi connectivity index (χ0) is 13.3. The van der Waals surface area contributed by atoms with Gasteiger partial charge in [0.25, 0.3) is 0 Å². The van der Waals surface area contributed by atoms with Gasteiger partial charge in [-0.3, -0.25) is 10.00 Å². The van der Waals surface area contributed by atoms with Gasteiger partial charge in [-0.05, 0) is 32.9 Å². The zero-order valence-electron chi connectivity index (χ0n) is 11.0. The van der Waals surface area contributed by atoms with Crippen molar-refractivity contribution in [3.63, 3.8) is 0 Å². The van der Waals surface area contributed by atoms with Crippen LogP contribution in [0.3, 0.4) is 0 Å². The molecule has 5 heteroatoms. The molecule has 1 N–H and O–H groups in total. The van der Waals surface area contributed by atoms with Crippen LogP contribution in [0, 0.1) is 0 Å². The standard InChI is InChI=1S/C13H17N3O2/c1-13(2,3)18-12(17)14-11-9-7-5-6-8-10(9)15-16(11)4/h5-8H,1-4H3,(H,14,17). The summed E-state index contributed by atoms with van der Waals surface area (Å²) in [6, 6.07) is 7.63. The van der Waals surface area contributed by atoms with E-state index in [1.54, 1.807) is 11.7 Å². The van der Waals surface area contributed by atoms with Crippen molar-refractivity contribution in [2.75, 3.05) is 5.32 Å². The smallest absolute Gasteiger partial charge is 0.413 e. The molecule has 2 rings (SSSR count). The largest absolute Gasteiger partial charge is 0.444 e. The van der Waals surface area contributed by atoms with Crippen molar-refractivity contribution < 1.29 is 9.53 Å². The van der Waals surface area contributed by atoms with E-state index in [-0.39, 0.29) is 0 Å². The minimum atomic E-state index is -0.515. The van der Waals surface area contributed by atoms with Gasteiger partial charge in [0.2, 0.25) is 0 Å². The second-order valence-corrected chi connectivity index (χ2v) is 5.12. The number of hydrogen-bond acceptors (Lipinski definition) is 3. The second-order valence-electron chi connectivity index (χ2n) is 5.12. The molecule has 1 heterocycles. The summed E-state index contributed by atoms with van der Waals surface area (Å²) in [6.45, 7) is 5.48. The van der Waals surface area contributed by atoms with Gasteiger partial charge in [0.05, 0.1) is 5.52 Å².